The van der Waals surface area contributed by atoms with Crippen LogP contribution in [0.25, 0.3) is 10.9 Å². The number of aryl methyl sites for hydroxylation is 2. The number of pyridine rings is 1. The molecule has 7 nitrogen and oxygen atoms in total. The van der Waals surface area contributed by atoms with Crippen LogP contribution in [-0.4, -0.2) is 27.6 Å². The van der Waals surface area contributed by atoms with Gasteiger partial charge in [-0.05, 0) is 26.0 Å². The summed E-state index contributed by atoms with van der Waals surface area (Å²) in [6, 6.07) is 7.16. The van der Waals surface area contributed by atoms with Gasteiger partial charge in [0.25, 0.3) is 5.56 Å². The Balaban J connectivity index is 1.63. The molecule has 0 aliphatic heterocycles. The van der Waals surface area contributed by atoms with Gasteiger partial charge in [0.15, 0.2) is 0 Å². The molecule has 0 radical (unpaired) electrons. The van der Waals surface area contributed by atoms with Crippen LogP contribution in [0.5, 0.6) is 5.75 Å². The van der Waals surface area contributed by atoms with Gasteiger partial charge < -0.3 is 10.1 Å². The number of ether oxygens (including phenoxy) is 1. The summed E-state index contributed by atoms with van der Waals surface area (Å²) in [5.74, 6) is 0.624. The molecule has 2 aromatic heterocycles. The zero-order chi connectivity index (χ0) is 19.4. The van der Waals surface area contributed by atoms with Gasteiger partial charge in [0, 0.05) is 30.3 Å². The van der Waals surface area contributed by atoms with E-state index in [0.29, 0.717) is 17.4 Å². The Morgan fingerprint density at radius 2 is 2.00 bits per heavy atom. The Morgan fingerprint density at radius 3 is 2.78 bits per heavy atom. The lowest BCUT2D eigenvalue weighted by Crippen LogP contribution is -2.28. The summed E-state index contributed by atoms with van der Waals surface area (Å²) in [4.78, 5) is 33.3. The van der Waals surface area contributed by atoms with Crippen molar-refractivity contribution < 1.29 is 9.53 Å². The van der Waals surface area contributed by atoms with Gasteiger partial charge in [-0.1, -0.05) is 12.1 Å². The number of hydrogen-bond acceptors (Lipinski definition) is 5. The molecule has 1 amide bonds. The lowest BCUT2D eigenvalue weighted by molar-refractivity contribution is -0.121. The average molecular weight is 366 g/mol. The topological polar surface area (TPSA) is 86.1 Å². The fourth-order valence-corrected chi connectivity index (χ4v) is 3.01. The van der Waals surface area contributed by atoms with E-state index in [9.17, 15) is 9.59 Å². The first-order chi connectivity index (χ1) is 13.0. The number of rotatable bonds is 6. The van der Waals surface area contributed by atoms with Crippen molar-refractivity contribution >= 4 is 16.8 Å². The summed E-state index contributed by atoms with van der Waals surface area (Å²) in [5.41, 5.74) is 3.13. The minimum absolute atomic E-state index is 0.144. The lowest BCUT2D eigenvalue weighted by Gasteiger charge is -2.13. The maximum atomic E-state index is 12.4. The molecule has 3 rings (SSSR count). The highest BCUT2D eigenvalue weighted by molar-refractivity contribution is 5.77. The van der Waals surface area contributed by atoms with Crippen molar-refractivity contribution in [2.24, 2.45) is 0 Å². The van der Waals surface area contributed by atoms with Gasteiger partial charge in [-0.2, -0.15) is 0 Å². The van der Waals surface area contributed by atoms with E-state index in [4.69, 9.17) is 4.74 Å². The predicted octanol–water partition coefficient (Wildman–Crippen LogP) is 2.12. The van der Waals surface area contributed by atoms with Crippen LogP contribution in [-0.2, 0) is 17.9 Å². The van der Waals surface area contributed by atoms with E-state index in [1.165, 1.54) is 10.9 Å². The van der Waals surface area contributed by atoms with E-state index < -0.39 is 0 Å². The first-order valence-corrected chi connectivity index (χ1v) is 8.71. The number of carbonyl (C=O) groups excluding carboxylic acids is 1. The van der Waals surface area contributed by atoms with Crippen molar-refractivity contribution in [2.75, 3.05) is 7.11 Å². The maximum absolute atomic E-state index is 12.4. The summed E-state index contributed by atoms with van der Waals surface area (Å²) < 4.78 is 6.84. The summed E-state index contributed by atoms with van der Waals surface area (Å²) in [6.07, 6.45) is 3.39. The number of hydrogen-bond donors (Lipinski definition) is 1. The molecule has 0 spiro atoms. The van der Waals surface area contributed by atoms with Crippen LogP contribution in [0.3, 0.4) is 0 Å². The van der Waals surface area contributed by atoms with E-state index in [1.807, 2.05) is 19.9 Å². The van der Waals surface area contributed by atoms with Crippen LogP contribution < -0.4 is 15.6 Å². The Labute approximate surface area is 157 Å². The van der Waals surface area contributed by atoms with Gasteiger partial charge in [0.1, 0.15) is 5.75 Å². The van der Waals surface area contributed by atoms with Gasteiger partial charge >= 0.3 is 0 Å². The van der Waals surface area contributed by atoms with E-state index in [2.05, 4.69) is 15.3 Å². The van der Waals surface area contributed by atoms with Gasteiger partial charge in [0.05, 0.1) is 36.6 Å². The van der Waals surface area contributed by atoms with Gasteiger partial charge in [-0.3, -0.25) is 19.1 Å². The zero-order valence-corrected chi connectivity index (χ0v) is 15.7. The molecule has 140 valence electrons. The van der Waals surface area contributed by atoms with Crippen molar-refractivity contribution in [3.8, 4) is 5.75 Å². The van der Waals surface area contributed by atoms with Crippen molar-refractivity contribution in [1.29, 1.82) is 0 Å². The number of amides is 1. The quantitative estimate of drug-likeness (QED) is 0.722. The van der Waals surface area contributed by atoms with Gasteiger partial charge in [-0.25, -0.2) is 4.98 Å². The number of benzene rings is 1. The molecule has 1 aromatic carbocycles. The van der Waals surface area contributed by atoms with Crippen LogP contribution in [0.15, 0.2) is 41.6 Å². The molecule has 7 heteroatoms. The van der Waals surface area contributed by atoms with E-state index >= 15 is 0 Å². The van der Waals surface area contributed by atoms with Crippen LogP contribution >= 0.6 is 0 Å². The van der Waals surface area contributed by atoms with Gasteiger partial charge in [-0.15, -0.1) is 0 Å². The maximum Gasteiger partial charge on any atom is 0.261 e. The van der Waals surface area contributed by atoms with E-state index in [1.54, 1.807) is 31.5 Å². The van der Waals surface area contributed by atoms with E-state index in [-0.39, 0.29) is 24.4 Å². The molecular formula is C20H22N4O3. The summed E-state index contributed by atoms with van der Waals surface area (Å²) in [5, 5.41) is 3.39. The van der Waals surface area contributed by atoms with Crippen molar-refractivity contribution in [3.05, 3.63) is 64.0 Å². The average Bonchev–Trinajstić information content (AvgIpc) is 2.67. The monoisotopic (exact) mass is 366 g/mol. The highest BCUT2D eigenvalue weighted by atomic mass is 16.5. The summed E-state index contributed by atoms with van der Waals surface area (Å²) >= 11 is 0. The van der Waals surface area contributed by atoms with Crippen molar-refractivity contribution in [1.82, 2.24) is 19.9 Å². The number of carbonyl (C=O) groups is 1. The first-order valence-electron chi connectivity index (χ1n) is 8.71. The second kappa shape index (κ2) is 7.99. The molecule has 0 aliphatic rings. The molecule has 0 unspecified atom stereocenters. The van der Waals surface area contributed by atoms with Crippen LogP contribution in [0.1, 0.15) is 23.2 Å². The highest BCUT2D eigenvalue weighted by Gasteiger charge is 2.11. The summed E-state index contributed by atoms with van der Waals surface area (Å²) in [7, 11) is 1.62. The molecule has 1 N–H and O–H groups in total. The number of nitrogens with one attached hydrogen (secondary N) is 1. The van der Waals surface area contributed by atoms with Gasteiger partial charge in [0.2, 0.25) is 5.91 Å². The Morgan fingerprint density at radius 1 is 1.22 bits per heavy atom. The fraction of sp³-hybridized carbons (Fsp3) is 0.300. The third kappa shape index (κ3) is 3.97. The number of aromatic nitrogens is 3. The molecular weight excluding hydrogens is 344 g/mol. The standard InChI is InChI=1S/C20H22N4O3/c1-13-10-21-17(14(2)19(13)27-3)11-22-18(25)8-9-24-12-23-16-7-5-4-6-15(16)20(24)26/h4-7,10,12H,8-9,11H2,1-3H3,(H,22,25). The SMILES string of the molecule is COc1c(C)cnc(CNC(=O)CCn2cnc3ccccc3c2=O)c1C. The number of para-hydroxylation sites is 1. The third-order valence-electron chi connectivity index (χ3n) is 4.51. The molecule has 0 saturated carbocycles. The predicted molar refractivity (Wildman–Crippen MR) is 103 cm³/mol. The molecule has 27 heavy (non-hydrogen) atoms. The zero-order valence-electron chi connectivity index (χ0n) is 15.7. The Bertz CT molecular complexity index is 1040. The molecule has 0 aliphatic carbocycles. The Hall–Kier alpha value is -3.22. The minimum Gasteiger partial charge on any atom is -0.496 e. The normalized spacial score (nSPS) is 10.8. The lowest BCUT2D eigenvalue weighted by atomic mass is 10.1. The molecule has 3 aromatic rings. The second-order valence-corrected chi connectivity index (χ2v) is 6.33. The second-order valence-electron chi connectivity index (χ2n) is 6.33. The molecule has 0 fully saturated rings. The van der Waals surface area contributed by atoms with Crippen molar-refractivity contribution in [3.63, 3.8) is 0 Å². The van der Waals surface area contributed by atoms with Crippen LogP contribution in [0, 0.1) is 13.8 Å². The molecule has 0 saturated heterocycles. The molecule has 0 bridgehead atoms. The Kier molecular flexibility index (Phi) is 5.49. The highest BCUT2D eigenvalue weighted by Crippen LogP contribution is 2.23. The first kappa shape index (κ1) is 18.6. The largest absolute Gasteiger partial charge is 0.496 e. The fourth-order valence-electron chi connectivity index (χ4n) is 3.01. The van der Waals surface area contributed by atoms with Crippen LogP contribution in [0.4, 0.5) is 0 Å². The smallest absolute Gasteiger partial charge is 0.261 e. The number of nitrogens with zero attached hydrogens (tertiary/aromatic N) is 3. The van der Waals surface area contributed by atoms with E-state index in [0.717, 1.165) is 22.6 Å². The van der Waals surface area contributed by atoms with Crippen molar-refractivity contribution in [2.45, 2.75) is 33.4 Å². The third-order valence-corrected chi connectivity index (χ3v) is 4.51. The number of fused-ring (bicyclic) bond motifs is 1. The number of methoxy groups -OCH3 is 1. The molecule has 2 heterocycles. The van der Waals surface area contributed by atoms with Crippen LogP contribution in [0.2, 0.25) is 0 Å². The molecule has 0 atom stereocenters. The summed E-state index contributed by atoms with van der Waals surface area (Å²) in [6.45, 7) is 4.43. The minimum atomic E-state index is -0.157.